The number of nitrogens with one attached hydrogen (secondary N) is 1. The summed E-state index contributed by atoms with van der Waals surface area (Å²) in [4.78, 5) is 0.0124. The van der Waals surface area contributed by atoms with Crippen molar-refractivity contribution in [3.8, 4) is 0 Å². The predicted octanol–water partition coefficient (Wildman–Crippen LogP) is 1.70. The quantitative estimate of drug-likeness (QED) is 0.895. The summed E-state index contributed by atoms with van der Waals surface area (Å²) in [6, 6.07) is 4.22. The van der Waals surface area contributed by atoms with Crippen LogP contribution in [0.2, 0.25) is 0 Å². The third kappa shape index (κ3) is 4.21. The van der Waals surface area contributed by atoms with Gasteiger partial charge >= 0.3 is 0 Å². The van der Waals surface area contributed by atoms with Gasteiger partial charge in [0.25, 0.3) is 0 Å². The molecule has 1 aromatic carbocycles. The molecule has 0 aromatic heterocycles. The lowest BCUT2D eigenvalue weighted by Crippen LogP contribution is -2.16. The zero-order valence-corrected chi connectivity index (χ0v) is 13.1. The monoisotopic (exact) mass is 305 g/mol. The van der Waals surface area contributed by atoms with E-state index < -0.39 is 19.7 Å². The fourth-order valence-corrected chi connectivity index (χ4v) is 3.12. The van der Waals surface area contributed by atoms with E-state index in [1.165, 1.54) is 18.2 Å². The van der Waals surface area contributed by atoms with E-state index in [4.69, 9.17) is 0 Å². The molecule has 5 nitrogen and oxygen atoms in total. The minimum Gasteiger partial charge on any atom is -0.382 e. The summed E-state index contributed by atoms with van der Waals surface area (Å²) < 4.78 is 46.5. The standard InChI is InChI=1S/C12H19NO4S2/c1-5-9(2)13-11-7-6-10(18(3,14)15)8-12(11)19(4,16)17/h6-9,13H,5H2,1-4H3. The second-order valence-electron chi connectivity index (χ2n) is 4.66. The fraction of sp³-hybridized carbons (Fsp3) is 0.500. The van der Waals surface area contributed by atoms with Crippen molar-refractivity contribution in [3.63, 3.8) is 0 Å². The van der Waals surface area contributed by atoms with Crippen LogP contribution in [0.3, 0.4) is 0 Å². The predicted molar refractivity (Wildman–Crippen MR) is 76.0 cm³/mol. The second-order valence-corrected chi connectivity index (χ2v) is 8.66. The van der Waals surface area contributed by atoms with Crippen LogP contribution in [0.1, 0.15) is 20.3 Å². The molecule has 1 unspecified atom stereocenters. The van der Waals surface area contributed by atoms with Crippen LogP contribution in [-0.2, 0) is 19.7 Å². The van der Waals surface area contributed by atoms with E-state index in [0.29, 0.717) is 5.69 Å². The molecule has 0 spiro atoms. The minimum absolute atomic E-state index is 0.00243. The molecule has 0 bridgehead atoms. The van der Waals surface area contributed by atoms with Crippen molar-refractivity contribution >= 4 is 25.4 Å². The molecular weight excluding hydrogens is 286 g/mol. The van der Waals surface area contributed by atoms with E-state index in [0.717, 1.165) is 18.9 Å². The zero-order chi connectivity index (χ0) is 14.8. The molecule has 108 valence electrons. The molecule has 1 rings (SSSR count). The maximum Gasteiger partial charge on any atom is 0.177 e. The van der Waals surface area contributed by atoms with E-state index in [9.17, 15) is 16.8 Å². The lowest BCUT2D eigenvalue weighted by atomic mass is 10.2. The topological polar surface area (TPSA) is 80.3 Å². The molecule has 1 aromatic rings. The molecule has 0 aliphatic heterocycles. The third-order valence-electron chi connectivity index (χ3n) is 2.79. The zero-order valence-electron chi connectivity index (χ0n) is 11.5. The van der Waals surface area contributed by atoms with Crippen LogP contribution in [-0.4, -0.2) is 35.4 Å². The Morgan fingerprint density at radius 1 is 1.11 bits per heavy atom. The molecule has 0 fully saturated rings. The minimum atomic E-state index is -3.50. The summed E-state index contributed by atoms with van der Waals surface area (Å²) in [7, 11) is -6.93. The van der Waals surface area contributed by atoms with Crippen molar-refractivity contribution in [2.24, 2.45) is 0 Å². The van der Waals surface area contributed by atoms with Gasteiger partial charge in [0.2, 0.25) is 0 Å². The highest BCUT2D eigenvalue weighted by Crippen LogP contribution is 2.25. The highest BCUT2D eigenvalue weighted by molar-refractivity contribution is 7.91. The van der Waals surface area contributed by atoms with Crippen molar-refractivity contribution in [1.29, 1.82) is 0 Å². The van der Waals surface area contributed by atoms with Crippen molar-refractivity contribution < 1.29 is 16.8 Å². The molecule has 0 amide bonds. The van der Waals surface area contributed by atoms with Gasteiger partial charge in [-0.2, -0.15) is 0 Å². The summed E-state index contributed by atoms with van der Waals surface area (Å²) in [6.45, 7) is 3.90. The van der Waals surface area contributed by atoms with Gasteiger partial charge in [0, 0.05) is 18.6 Å². The number of sulfone groups is 2. The van der Waals surface area contributed by atoms with Crippen LogP contribution in [0, 0.1) is 0 Å². The highest BCUT2D eigenvalue weighted by Gasteiger charge is 2.18. The molecule has 0 heterocycles. The van der Waals surface area contributed by atoms with Gasteiger partial charge in [-0.05, 0) is 31.5 Å². The average molecular weight is 305 g/mol. The summed E-state index contributed by atoms with van der Waals surface area (Å²) in [5.74, 6) is 0. The van der Waals surface area contributed by atoms with E-state index in [-0.39, 0.29) is 15.8 Å². The number of anilines is 1. The maximum absolute atomic E-state index is 11.8. The van der Waals surface area contributed by atoms with Crippen molar-refractivity contribution in [2.45, 2.75) is 36.1 Å². The first kappa shape index (κ1) is 16.0. The van der Waals surface area contributed by atoms with Gasteiger partial charge in [-0.3, -0.25) is 0 Å². The van der Waals surface area contributed by atoms with E-state index >= 15 is 0 Å². The molecule has 0 saturated heterocycles. The van der Waals surface area contributed by atoms with Crippen LogP contribution in [0.5, 0.6) is 0 Å². The van der Waals surface area contributed by atoms with E-state index in [2.05, 4.69) is 5.32 Å². The Labute approximate surface area is 114 Å². The number of hydrogen-bond donors (Lipinski definition) is 1. The summed E-state index contributed by atoms with van der Waals surface area (Å²) in [5.41, 5.74) is 0.434. The summed E-state index contributed by atoms with van der Waals surface area (Å²) >= 11 is 0. The summed E-state index contributed by atoms with van der Waals surface area (Å²) in [5, 5.41) is 3.07. The van der Waals surface area contributed by atoms with Gasteiger partial charge in [0.1, 0.15) is 0 Å². The van der Waals surface area contributed by atoms with E-state index in [1.807, 2.05) is 13.8 Å². The largest absolute Gasteiger partial charge is 0.382 e. The number of hydrogen-bond acceptors (Lipinski definition) is 5. The normalized spacial score (nSPS) is 14.1. The van der Waals surface area contributed by atoms with E-state index in [1.54, 1.807) is 0 Å². The lowest BCUT2D eigenvalue weighted by molar-refractivity contribution is 0.600. The number of rotatable bonds is 5. The van der Waals surface area contributed by atoms with Crippen LogP contribution in [0.4, 0.5) is 5.69 Å². The van der Waals surface area contributed by atoms with Crippen LogP contribution in [0.25, 0.3) is 0 Å². The molecule has 0 aliphatic carbocycles. The Morgan fingerprint density at radius 2 is 1.68 bits per heavy atom. The van der Waals surface area contributed by atoms with Crippen molar-refractivity contribution in [1.82, 2.24) is 0 Å². The van der Waals surface area contributed by atoms with Gasteiger partial charge in [-0.1, -0.05) is 6.92 Å². The molecule has 0 saturated carbocycles. The third-order valence-corrected chi connectivity index (χ3v) is 5.04. The Morgan fingerprint density at radius 3 is 2.11 bits per heavy atom. The van der Waals surface area contributed by atoms with Gasteiger partial charge < -0.3 is 5.32 Å². The number of benzene rings is 1. The van der Waals surface area contributed by atoms with Gasteiger partial charge in [0.05, 0.1) is 15.5 Å². The molecule has 0 aliphatic rings. The molecule has 0 radical (unpaired) electrons. The Kier molecular flexibility index (Phi) is 4.63. The molecular formula is C12H19NO4S2. The van der Waals surface area contributed by atoms with Crippen molar-refractivity contribution in [3.05, 3.63) is 18.2 Å². The average Bonchev–Trinajstić information content (AvgIpc) is 2.26. The highest BCUT2D eigenvalue weighted by atomic mass is 32.2. The van der Waals surface area contributed by atoms with Gasteiger partial charge in [0.15, 0.2) is 19.7 Å². The Balaban J connectivity index is 3.42. The van der Waals surface area contributed by atoms with Gasteiger partial charge in [-0.15, -0.1) is 0 Å². The molecule has 1 atom stereocenters. The Hall–Kier alpha value is -1.08. The molecule has 1 N–H and O–H groups in total. The summed E-state index contributed by atoms with van der Waals surface area (Å²) in [6.07, 6.45) is 2.95. The van der Waals surface area contributed by atoms with Crippen LogP contribution in [0.15, 0.2) is 28.0 Å². The molecule has 7 heteroatoms. The first-order valence-corrected chi connectivity index (χ1v) is 9.64. The lowest BCUT2D eigenvalue weighted by Gasteiger charge is -2.16. The van der Waals surface area contributed by atoms with Crippen molar-refractivity contribution in [2.75, 3.05) is 17.8 Å². The van der Waals surface area contributed by atoms with Crippen LogP contribution >= 0.6 is 0 Å². The second kappa shape index (κ2) is 5.50. The maximum atomic E-state index is 11.8. The fourth-order valence-electron chi connectivity index (χ4n) is 1.53. The van der Waals surface area contributed by atoms with Crippen LogP contribution < -0.4 is 5.32 Å². The molecule has 19 heavy (non-hydrogen) atoms. The first-order chi connectivity index (χ1) is 8.55. The smallest absolute Gasteiger partial charge is 0.177 e. The Bertz CT molecular complexity index is 663. The first-order valence-electron chi connectivity index (χ1n) is 5.86. The SMILES string of the molecule is CCC(C)Nc1ccc(S(C)(=O)=O)cc1S(C)(=O)=O. The van der Waals surface area contributed by atoms with Gasteiger partial charge in [-0.25, -0.2) is 16.8 Å².